The summed E-state index contributed by atoms with van der Waals surface area (Å²) in [6.07, 6.45) is -0.545. The van der Waals surface area contributed by atoms with E-state index in [1.165, 1.54) is 7.11 Å². The lowest BCUT2D eigenvalue weighted by atomic mass is 10.0. The fourth-order valence-corrected chi connectivity index (χ4v) is 1.92. The summed E-state index contributed by atoms with van der Waals surface area (Å²) in [5.41, 5.74) is -0.663. The monoisotopic (exact) mass is 358 g/mol. The number of esters is 1. The molecule has 8 nitrogen and oxygen atoms in total. The minimum atomic E-state index is -0.759. The van der Waals surface area contributed by atoms with Crippen LogP contribution in [-0.4, -0.2) is 49.1 Å². The molecule has 2 N–H and O–H groups in total. The van der Waals surface area contributed by atoms with Gasteiger partial charge in [0, 0.05) is 13.0 Å². The Morgan fingerprint density at radius 3 is 2.16 bits per heavy atom. The molecule has 0 aromatic heterocycles. The number of hydrogen-bond donors (Lipinski definition) is 2. The third-order valence-electron chi connectivity index (χ3n) is 2.99. The normalized spacial score (nSPS) is 12.3. The number of ketones is 1. The molecule has 0 aromatic carbocycles. The van der Waals surface area contributed by atoms with Crippen LogP contribution in [0.25, 0.3) is 0 Å². The van der Waals surface area contributed by atoms with Gasteiger partial charge in [0.1, 0.15) is 23.8 Å². The van der Waals surface area contributed by atoms with Crippen LogP contribution in [0.1, 0.15) is 53.9 Å². The summed E-state index contributed by atoms with van der Waals surface area (Å²) in [4.78, 5) is 46.7. The molecule has 0 radical (unpaired) electrons. The largest absolute Gasteiger partial charge is 0.469 e. The van der Waals surface area contributed by atoms with Gasteiger partial charge in [-0.05, 0) is 33.1 Å². The molecule has 0 bridgehead atoms. The number of amides is 2. The first kappa shape index (κ1) is 22.9. The van der Waals surface area contributed by atoms with Crippen LogP contribution in [0.4, 0.5) is 4.79 Å². The van der Waals surface area contributed by atoms with Gasteiger partial charge in [0.2, 0.25) is 5.91 Å². The van der Waals surface area contributed by atoms with Crippen LogP contribution < -0.4 is 10.6 Å². The summed E-state index contributed by atoms with van der Waals surface area (Å²) >= 11 is 0. The van der Waals surface area contributed by atoms with E-state index in [0.29, 0.717) is 6.42 Å². The molecule has 0 aliphatic rings. The number of nitrogens with one attached hydrogen (secondary N) is 2. The lowest BCUT2D eigenvalue weighted by Gasteiger charge is -2.24. The third kappa shape index (κ3) is 12.0. The second-order valence-corrected chi connectivity index (χ2v) is 7.16. The first-order chi connectivity index (χ1) is 11.4. The Balaban J connectivity index is 4.51. The summed E-state index contributed by atoms with van der Waals surface area (Å²) in [6, 6.07) is -0.759. The number of hydrogen-bond acceptors (Lipinski definition) is 6. The highest BCUT2D eigenvalue weighted by Crippen LogP contribution is 2.09. The summed E-state index contributed by atoms with van der Waals surface area (Å²) in [6.45, 7) is 9.14. The van der Waals surface area contributed by atoms with Gasteiger partial charge in [-0.3, -0.25) is 14.4 Å². The van der Waals surface area contributed by atoms with Crippen LogP contribution in [0.5, 0.6) is 0 Å². The average molecular weight is 358 g/mol. The summed E-state index contributed by atoms with van der Waals surface area (Å²) in [5.74, 6) is -1.16. The fraction of sp³-hybridized carbons (Fsp3) is 0.765. The standard InChI is InChI=1S/C17H30N2O6/c1-11(2)9-13(19-16(23)25-17(3,4)5)15(22)18-8-7-12(20)10-14(21)24-6/h11,13H,7-10H2,1-6H3,(H,18,22)(H,19,23)/t13-/m0/s1. The fourth-order valence-electron chi connectivity index (χ4n) is 1.92. The van der Waals surface area contributed by atoms with E-state index in [4.69, 9.17) is 4.74 Å². The number of alkyl carbamates (subject to hydrolysis) is 1. The minimum absolute atomic E-state index is 0.0156. The molecule has 0 aliphatic heterocycles. The van der Waals surface area contributed by atoms with E-state index in [9.17, 15) is 19.2 Å². The molecule has 144 valence electrons. The van der Waals surface area contributed by atoms with Gasteiger partial charge < -0.3 is 20.1 Å². The van der Waals surface area contributed by atoms with Crippen molar-refractivity contribution >= 4 is 23.8 Å². The van der Waals surface area contributed by atoms with Gasteiger partial charge in [0.15, 0.2) is 0 Å². The van der Waals surface area contributed by atoms with Crippen molar-refractivity contribution in [2.75, 3.05) is 13.7 Å². The van der Waals surface area contributed by atoms with E-state index in [-0.39, 0.29) is 31.1 Å². The average Bonchev–Trinajstić information content (AvgIpc) is 2.43. The summed E-state index contributed by atoms with van der Waals surface area (Å²) in [7, 11) is 1.20. The third-order valence-corrected chi connectivity index (χ3v) is 2.99. The van der Waals surface area contributed by atoms with Gasteiger partial charge in [-0.15, -0.1) is 0 Å². The molecule has 0 spiro atoms. The Hall–Kier alpha value is -2.12. The van der Waals surface area contributed by atoms with Crippen molar-refractivity contribution in [3.63, 3.8) is 0 Å². The predicted molar refractivity (Wildman–Crippen MR) is 91.9 cm³/mol. The van der Waals surface area contributed by atoms with E-state index < -0.39 is 29.6 Å². The maximum absolute atomic E-state index is 12.3. The molecule has 8 heteroatoms. The van der Waals surface area contributed by atoms with Crippen molar-refractivity contribution in [1.82, 2.24) is 10.6 Å². The molecule has 0 heterocycles. The highest BCUT2D eigenvalue weighted by atomic mass is 16.6. The molecule has 0 rings (SSSR count). The van der Waals surface area contributed by atoms with Crippen LogP contribution in [0.3, 0.4) is 0 Å². The van der Waals surface area contributed by atoms with Gasteiger partial charge >= 0.3 is 12.1 Å². The van der Waals surface area contributed by atoms with Gasteiger partial charge in [0.25, 0.3) is 0 Å². The highest BCUT2D eigenvalue weighted by molar-refractivity contribution is 5.95. The van der Waals surface area contributed by atoms with E-state index in [1.54, 1.807) is 20.8 Å². The maximum atomic E-state index is 12.3. The number of Topliss-reactive ketones (excluding diaryl/α,β-unsaturated/α-hetero) is 1. The lowest BCUT2D eigenvalue weighted by molar-refractivity contribution is -0.143. The van der Waals surface area contributed by atoms with E-state index in [0.717, 1.165) is 0 Å². The predicted octanol–water partition coefficient (Wildman–Crippen LogP) is 1.56. The molecule has 0 unspecified atom stereocenters. The molecule has 0 saturated carbocycles. The van der Waals surface area contributed by atoms with Gasteiger partial charge in [0.05, 0.1) is 7.11 Å². The molecular weight excluding hydrogens is 328 g/mol. The maximum Gasteiger partial charge on any atom is 0.408 e. The van der Waals surface area contributed by atoms with Crippen LogP contribution in [-0.2, 0) is 23.9 Å². The van der Waals surface area contributed by atoms with Crippen molar-refractivity contribution in [2.24, 2.45) is 5.92 Å². The Labute approximate surface area is 149 Å². The molecule has 1 atom stereocenters. The highest BCUT2D eigenvalue weighted by Gasteiger charge is 2.25. The number of rotatable bonds is 9. The molecule has 0 aliphatic carbocycles. The second-order valence-electron chi connectivity index (χ2n) is 7.16. The Morgan fingerprint density at radius 1 is 1.08 bits per heavy atom. The molecule has 25 heavy (non-hydrogen) atoms. The number of methoxy groups -OCH3 is 1. The number of carbonyl (C=O) groups is 4. The van der Waals surface area contributed by atoms with E-state index in [2.05, 4.69) is 15.4 Å². The van der Waals surface area contributed by atoms with Crippen molar-refractivity contribution < 1.29 is 28.7 Å². The Kier molecular flexibility index (Phi) is 9.78. The van der Waals surface area contributed by atoms with E-state index >= 15 is 0 Å². The molecule has 0 saturated heterocycles. The van der Waals surface area contributed by atoms with Crippen molar-refractivity contribution in [1.29, 1.82) is 0 Å². The van der Waals surface area contributed by atoms with Crippen molar-refractivity contribution in [3.8, 4) is 0 Å². The molecular formula is C17H30N2O6. The first-order valence-electron chi connectivity index (χ1n) is 8.30. The number of carbonyl (C=O) groups excluding carboxylic acids is 4. The van der Waals surface area contributed by atoms with Gasteiger partial charge in [-0.1, -0.05) is 13.8 Å². The zero-order valence-corrected chi connectivity index (χ0v) is 15.9. The van der Waals surface area contributed by atoms with Crippen LogP contribution in [0.15, 0.2) is 0 Å². The first-order valence-corrected chi connectivity index (χ1v) is 8.30. The Morgan fingerprint density at radius 2 is 1.68 bits per heavy atom. The smallest absolute Gasteiger partial charge is 0.408 e. The zero-order valence-electron chi connectivity index (χ0n) is 15.9. The van der Waals surface area contributed by atoms with Gasteiger partial charge in [-0.2, -0.15) is 0 Å². The SMILES string of the molecule is COC(=O)CC(=O)CCNC(=O)[C@H](CC(C)C)NC(=O)OC(C)(C)C. The van der Waals surface area contributed by atoms with E-state index in [1.807, 2.05) is 13.8 Å². The molecule has 0 fully saturated rings. The molecule has 2 amide bonds. The summed E-state index contributed by atoms with van der Waals surface area (Å²) in [5, 5.41) is 5.15. The topological polar surface area (TPSA) is 111 Å². The lowest BCUT2D eigenvalue weighted by Crippen LogP contribution is -2.49. The quantitative estimate of drug-likeness (QED) is 0.478. The van der Waals surface area contributed by atoms with Crippen LogP contribution >= 0.6 is 0 Å². The van der Waals surface area contributed by atoms with Crippen LogP contribution in [0, 0.1) is 5.92 Å². The summed E-state index contributed by atoms with van der Waals surface area (Å²) < 4.78 is 9.57. The van der Waals surface area contributed by atoms with Gasteiger partial charge in [-0.25, -0.2) is 4.79 Å². The Bertz CT molecular complexity index is 482. The number of ether oxygens (including phenoxy) is 2. The molecule has 0 aromatic rings. The second kappa shape index (κ2) is 10.7. The zero-order chi connectivity index (χ0) is 19.6. The minimum Gasteiger partial charge on any atom is -0.469 e. The van der Waals surface area contributed by atoms with Crippen molar-refractivity contribution in [2.45, 2.75) is 65.5 Å². The van der Waals surface area contributed by atoms with Crippen LogP contribution in [0.2, 0.25) is 0 Å². The van der Waals surface area contributed by atoms with Crippen molar-refractivity contribution in [3.05, 3.63) is 0 Å².